The molecule has 0 radical (unpaired) electrons. The van der Waals surface area contributed by atoms with Gasteiger partial charge in [-0.2, -0.15) is 0 Å². The SMILES string of the molecule is CC1(C)Cc2ccc(C=NO)cc2C(=CC(=O)C2CCCCC2)N1. The Labute approximate surface area is 143 Å². The summed E-state index contributed by atoms with van der Waals surface area (Å²) in [4.78, 5) is 12.7. The normalized spacial score (nSPS) is 22.3. The number of rotatable bonds is 3. The minimum atomic E-state index is -0.0851. The molecular formula is C20H26N2O2. The number of hydrogen-bond donors (Lipinski definition) is 2. The first-order valence-electron chi connectivity index (χ1n) is 8.83. The van der Waals surface area contributed by atoms with Gasteiger partial charge in [-0.1, -0.05) is 36.6 Å². The maximum Gasteiger partial charge on any atom is 0.160 e. The lowest BCUT2D eigenvalue weighted by Crippen LogP contribution is -2.44. The van der Waals surface area contributed by atoms with Crippen LogP contribution in [0.1, 0.15) is 62.6 Å². The van der Waals surface area contributed by atoms with Crippen molar-refractivity contribution >= 4 is 17.7 Å². The van der Waals surface area contributed by atoms with E-state index in [9.17, 15) is 4.79 Å². The molecule has 1 aliphatic heterocycles. The number of oxime groups is 1. The van der Waals surface area contributed by atoms with Crippen LogP contribution in [0, 0.1) is 5.92 Å². The number of nitrogens with one attached hydrogen (secondary N) is 1. The second-order valence-corrected chi connectivity index (χ2v) is 7.64. The third kappa shape index (κ3) is 3.69. The zero-order valence-corrected chi connectivity index (χ0v) is 14.5. The Hall–Kier alpha value is -2.10. The van der Waals surface area contributed by atoms with Crippen molar-refractivity contribution in [3.63, 3.8) is 0 Å². The number of fused-ring (bicyclic) bond motifs is 1. The van der Waals surface area contributed by atoms with Gasteiger partial charge in [0.1, 0.15) is 0 Å². The van der Waals surface area contributed by atoms with Crippen LogP contribution in [0.2, 0.25) is 0 Å². The van der Waals surface area contributed by atoms with Crippen LogP contribution in [-0.4, -0.2) is 22.7 Å². The highest BCUT2D eigenvalue weighted by molar-refractivity contribution is 5.99. The average molecular weight is 326 g/mol. The fraction of sp³-hybridized carbons (Fsp3) is 0.500. The van der Waals surface area contributed by atoms with Gasteiger partial charge in [-0.25, -0.2) is 0 Å². The summed E-state index contributed by atoms with van der Waals surface area (Å²) in [6, 6.07) is 5.99. The Morgan fingerprint density at radius 3 is 2.75 bits per heavy atom. The van der Waals surface area contributed by atoms with E-state index in [-0.39, 0.29) is 17.2 Å². The van der Waals surface area contributed by atoms with Gasteiger partial charge in [-0.05, 0) is 50.3 Å². The molecule has 0 saturated heterocycles. The number of benzene rings is 1. The number of nitrogens with zero attached hydrogens (tertiary/aromatic N) is 1. The summed E-state index contributed by atoms with van der Waals surface area (Å²) in [7, 11) is 0. The highest BCUT2D eigenvalue weighted by Gasteiger charge is 2.29. The minimum Gasteiger partial charge on any atom is -0.411 e. The quantitative estimate of drug-likeness (QED) is 0.383. The van der Waals surface area contributed by atoms with E-state index in [0.717, 1.165) is 48.9 Å². The summed E-state index contributed by atoms with van der Waals surface area (Å²) < 4.78 is 0. The largest absolute Gasteiger partial charge is 0.411 e. The minimum absolute atomic E-state index is 0.0851. The Bertz CT molecular complexity index is 683. The predicted octanol–water partition coefficient (Wildman–Crippen LogP) is 3.91. The number of carbonyl (C=O) groups is 1. The molecule has 1 aliphatic carbocycles. The predicted molar refractivity (Wildman–Crippen MR) is 96.3 cm³/mol. The molecule has 3 rings (SSSR count). The molecule has 4 nitrogen and oxygen atoms in total. The second kappa shape index (κ2) is 6.80. The summed E-state index contributed by atoms with van der Waals surface area (Å²) in [6.07, 6.45) is 9.70. The van der Waals surface area contributed by atoms with Crippen LogP contribution >= 0.6 is 0 Å². The van der Waals surface area contributed by atoms with Gasteiger partial charge in [0.2, 0.25) is 0 Å². The van der Waals surface area contributed by atoms with E-state index in [2.05, 4.69) is 30.4 Å². The molecule has 1 fully saturated rings. The smallest absolute Gasteiger partial charge is 0.160 e. The van der Waals surface area contributed by atoms with Crippen molar-refractivity contribution < 1.29 is 10.0 Å². The van der Waals surface area contributed by atoms with E-state index in [1.807, 2.05) is 12.1 Å². The number of ketones is 1. The summed E-state index contributed by atoms with van der Waals surface area (Å²) in [5.74, 6) is 0.408. The van der Waals surface area contributed by atoms with E-state index in [1.54, 1.807) is 6.08 Å². The maximum atomic E-state index is 12.7. The zero-order valence-electron chi connectivity index (χ0n) is 14.5. The van der Waals surface area contributed by atoms with Crippen molar-refractivity contribution in [2.45, 2.75) is 57.9 Å². The van der Waals surface area contributed by atoms with Gasteiger partial charge in [-0.3, -0.25) is 4.79 Å². The van der Waals surface area contributed by atoms with Crippen molar-refractivity contribution in [1.29, 1.82) is 0 Å². The van der Waals surface area contributed by atoms with Crippen LogP contribution in [0.3, 0.4) is 0 Å². The van der Waals surface area contributed by atoms with E-state index in [4.69, 9.17) is 5.21 Å². The van der Waals surface area contributed by atoms with Crippen LogP contribution < -0.4 is 5.32 Å². The third-order valence-electron chi connectivity index (χ3n) is 5.03. The molecule has 1 aromatic rings. The van der Waals surface area contributed by atoms with Gasteiger partial charge < -0.3 is 10.5 Å². The molecule has 128 valence electrons. The monoisotopic (exact) mass is 326 g/mol. The molecule has 0 unspecified atom stereocenters. The fourth-order valence-electron chi connectivity index (χ4n) is 3.86. The molecule has 0 aromatic heterocycles. The highest BCUT2D eigenvalue weighted by Crippen LogP contribution is 2.32. The molecule has 4 heteroatoms. The first-order valence-corrected chi connectivity index (χ1v) is 8.83. The summed E-state index contributed by atoms with van der Waals surface area (Å²) in [6.45, 7) is 4.30. The first-order chi connectivity index (χ1) is 11.5. The van der Waals surface area contributed by atoms with Crippen LogP contribution in [0.25, 0.3) is 5.70 Å². The number of hydrogen-bond acceptors (Lipinski definition) is 4. The summed E-state index contributed by atoms with van der Waals surface area (Å²) in [5.41, 5.74) is 3.89. The van der Waals surface area contributed by atoms with Crippen LogP contribution in [0.5, 0.6) is 0 Å². The van der Waals surface area contributed by atoms with Gasteiger partial charge in [0.15, 0.2) is 5.78 Å². The van der Waals surface area contributed by atoms with Gasteiger partial charge in [0.05, 0.1) is 6.21 Å². The highest BCUT2D eigenvalue weighted by atomic mass is 16.4. The van der Waals surface area contributed by atoms with Crippen molar-refractivity contribution in [3.8, 4) is 0 Å². The second-order valence-electron chi connectivity index (χ2n) is 7.64. The lowest BCUT2D eigenvalue weighted by atomic mass is 9.82. The molecule has 1 heterocycles. The summed E-state index contributed by atoms with van der Waals surface area (Å²) >= 11 is 0. The van der Waals surface area contributed by atoms with Gasteiger partial charge in [-0.15, -0.1) is 0 Å². The van der Waals surface area contributed by atoms with Crippen molar-refractivity contribution in [2.24, 2.45) is 11.1 Å². The van der Waals surface area contributed by atoms with Crippen molar-refractivity contribution in [3.05, 3.63) is 41.0 Å². The van der Waals surface area contributed by atoms with Crippen LogP contribution in [0.15, 0.2) is 29.4 Å². The fourth-order valence-corrected chi connectivity index (χ4v) is 3.86. The molecule has 0 bridgehead atoms. The van der Waals surface area contributed by atoms with Crippen molar-refractivity contribution in [2.75, 3.05) is 0 Å². The van der Waals surface area contributed by atoms with E-state index in [0.29, 0.717) is 0 Å². The lowest BCUT2D eigenvalue weighted by Gasteiger charge is -2.36. The number of carbonyl (C=O) groups excluding carboxylic acids is 1. The van der Waals surface area contributed by atoms with Crippen LogP contribution in [-0.2, 0) is 11.2 Å². The van der Waals surface area contributed by atoms with Gasteiger partial charge in [0, 0.05) is 28.8 Å². The zero-order chi connectivity index (χ0) is 17.2. The molecule has 0 amide bonds. The summed E-state index contributed by atoms with van der Waals surface area (Å²) in [5, 5.41) is 15.4. The van der Waals surface area contributed by atoms with E-state index < -0.39 is 0 Å². The molecular weight excluding hydrogens is 300 g/mol. The Kier molecular flexibility index (Phi) is 4.74. The first kappa shape index (κ1) is 16.7. The standard InChI is InChI=1S/C20H26N2O2/c1-20(2)12-16-9-8-14(13-21-24)10-17(16)18(22-20)11-19(23)15-6-4-3-5-7-15/h8-11,13,15,22,24H,3-7,12H2,1-2H3. The maximum absolute atomic E-state index is 12.7. The van der Waals surface area contributed by atoms with Gasteiger partial charge >= 0.3 is 0 Å². The van der Waals surface area contributed by atoms with Crippen molar-refractivity contribution in [1.82, 2.24) is 5.32 Å². The number of allylic oxidation sites excluding steroid dienone is 1. The Morgan fingerprint density at radius 1 is 1.29 bits per heavy atom. The molecule has 1 aromatic carbocycles. The molecule has 2 N–H and O–H groups in total. The molecule has 24 heavy (non-hydrogen) atoms. The lowest BCUT2D eigenvalue weighted by molar-refractivity contribution is -0.119. The molecule has 0 atom stereocenters. The molecule has 0 spiro atoms. The topological polar surface area (TPSA) is 61.7 Å². The Balaban J connectivity index is 1.95. The van der Waals surface area contributed by atoms with Crippen LogP contribution in [0.4, 0.5) is 0 Å². The van der Waals surface area contributed by atoms with Gasteiger partial charge in [0.25, 0.3) is 0 Å². The van der Waals surface area contributed by atoms with E-state index >= 15 is 0 Å². The average Bonchev–Trinajstić information content (AvgIpc) is 2.55. The van der Waals surface area contributed by atoms with E-state index in [1.165, 1.54) is 18.2 Å². The molecule has 1 saturated carbocycles. The Morgan fingerprint density at radius 2 is 2.04 bits per heavy atom. The third-order valence-corrected chi connectivity index (χ3v) is 5.03. The molecule has 2 aliphatic rings.